The summed E-state index contributed by atoms with van der Waals surface area (Å²) in [5.41, 5.74) is 1.17. The van der Waals surface area contributed by atoms with Crippen molar-refractivity contribution in [3.8, 4) is 5.75 Å². The third-order valence-electron chi connectivity index (χ3n) is 1.32. The molecular formula is C9H12Na2O. The van der Waals surface area contributed by atoms with Gasteiger partial charge >= 0.3 is 59.1 Å². The Morgan fingerprint density at radius 2 is 1.67 bits per heavy atom. The van der Waals surface area contributed by atoms with Gasteiger partial charge in [0.1, 0.15) is 5.75 Å². The fourth-order valence-electron chi connectivity index (χ4n) is 0.799. The third-order valence-corrected chi connectivity index (χ3v) is 1.32. The molecule has 0 amide bonds. The van der Waals surface area contributed by atoms with Gasteiger partial charge in [0.05, 0.1) is 0 Å². The van der Waals surface area contributed by atoms with Crippen LogP contribution in [-0.2, 0) is 6.42 Å². The predicted molar refractivity (Wildman–Crippen MR) is 56.3 cm³/mol. The van der Waals surface area contributed by atoms with Crippen LogP contribution in [0, 0.1) is 0 Å². The molecule has 1 N–H and O–H groups in total. The van der Waals surface area contributed by atoms with Crippen molar-refractivity contribution in [3.63, 3.8) is 0 Å². The molecule has 56 valence electrons. The van der Waals surface area contributed by atoms with E-state index in [1.54, 1.807) is 12.1 Å². The van der Waals surface area contributed by atoms with E-state index in [4.69, 9.17) is 5.11 Å². The van der Waals surface area contributed by atoms with Crippen LogP contribution in [0.15, 0.2) is 36.9 Å². The van der Waals surface area contributed by atoms with Crippen molar-refractivity contribution < 1.29 is 5.11 Å². The summed E-state index contributed by atoms with van der Waals surface area (Å²) in [6.07, 6.45) is 2.70. The zero-order chi connectivity index (χ0) is 7.40. The van der Waals surface area contributed by atoms with Gasteiger partial charge in [-0.25, -0.2) is 0 Å². The van der Waals surface area contributed by atoms with Crippen LogP contribution >= 0.6 is 0 Å². The summed E-state index contributed by atoms with van der Waals surface area (Å²) in [5.74, 6) is 0.313. The van der Waals surface area contributed by atoms with Gasteiger partial charge < -0.3 is 5.11 Å². The molecule has 0 aliphatic rings. The number of hydrogen-bond acceptors (Lipinski definition) is 1. The zero-order valence-electron chi connectivity index (χ0n) is 5.75. The molecule has 1 aromatic carbocycles. The molecule has 0 aliphatic heterocycles. The minimum absolute atomic E-state index is 0. The Labute approximate surface area is 117 Å². The van der Waals surface area contributed by atoms with E-state index in [1.165, 1.54) is 5.56 Å². The van der Waals surface area contributed by atoms with Gasteiger partial charge in [0.15, 0.2) is 0 Å². The van der Waals surface area contributed by atoms with Crippen molar-refractivity contribution in [1.82, 2.24) is 0 Å². The third kappa shape index (κ3) is 5.41. The number of benzene rings is 1. The second-order valence-corrected chi connectivity index (χ2v) is 2.16. The SMILES string of the molecule is C=CCc1ccc(O)cc1.[NaH].[NaH]. The van der Waals surface area contributed by atoms with E-state index in [1.807, 2.05) is 18.2 Å². The van der Waals surface area contributed by atoms with Gasteiger partial charge in [-0.2, -0.15) is 0 Å². The van der Waals surface area contributed by atoms with Gasteiger partial charge in [-0.1, -0.05) is 18.2 Å². The number of hydrogen-bond donors (Lipinski definition) is 1. The molecule has 0 aromatic heterocycles. The maximum absolute atomic E-state index is 8.90. The Kier molecular flexibility index (Phi) is 10.6. The molecule has 0 spiro atoms. The fourth-order valence-corrected chi connectivity index (χ4v) is 0.799. The second kappa shape index (κ2) is 8.36. The first-order valence-electron chi connectivity index (χ1n) is 3.22. The van der Waals surface area contributed by atoms with Crippen molar-refractivity contribution in [2.24, 2.45) is 0 Å². The summed E-state index contributed by atoms with van der Waals surface area (Å²) < 4.78 is 0. The fraction of sp³-hybridized carbons (Fsp3) is 0.111. The molecule has 0 unspecified atom stereocenters. The summed E-state index contributed by atoms with van der Waals surface area (Å²) in [5, 5.41) is 8.90. The number of aromatic hydroxyl groups is 1. The van der Waals surface area contributed by atoms with Crippen LogP contribution in [0.2, 0.25) is 0 Å². The molecule has 0 radical (unpaired) electrons. The predicted octanol–water partition coefficient (Wildman–Crippen LogP) is 0.824. The van der Waals surface area contributed by atoms with Gasteiger partial charge in [0.25, 0.3) is 0 Å². The average molecular weight is 182 g/mol. The van der Waals surface area contributed by atoms with E-state index in [0.29, 0.717) is 5.75 Å². The van der Waals surface area contributed by atoms with E-state index < -0.39 is 0 Å². The first-order chi connectivity index (χ1) is 4.83. The first-order valence-corrected chi connectivity index (χ1v) is 3.22. The summed E-state index contributed by atoms with van der Waals surface area (Å²) >= 11 is 0. The van der Waals surface area contributed by atoms with E-state index in [-0.39, 0.29) is 59.1 Å². The van der Waals surface area contributed by atoms with E-state index in [9.17, 15) is 0 Å². The first kappa shape index (κ1) is 15.2. The van der Waals surface area contributed by atoms with Crippen molar-refractivity contribution in [2.75, 3.05) is 0 Å². The average Bonchev–Trinajstić information content (AvgIpc) is 1.95. The maximum atomic E-state index is 8.90. The van der Waals surface area contributed by atoms with Crippen LogP contribution in [0.5, 0.6) is 5.75 Å². The Hall–Kier alpha value is 0.760. The van der Waals surface area contributed by atoms with Crippen LogP contribution in [0.1, 0.15) is 5.56 Å². The van der Waals surface area contributed by atoms with Gasteiger partial charge in [0.2, 0.25) is 0 Å². The molecule has 0 aliphatic carbocycles. The zero-order valence-corrected chi connectivity index (χ0v) is 5.75. The molecule has 0 bridgehead atoms. The summed E-state index contributed by atoms with van der Waals surface area (Å²) in [4.78, 5) is 0. The Balaban J connectivity index is 0. The van der Waals surface area contributed by atoms with E-state index in [2.05, 4.69) is 6.58 Å². The number of rotatable bonds is 2. The van der Waals surface area contributed by atoms with Gasteiger partial charge in [-0.15, -0.1) is 6.58 Å². The topological polar surface area (TPSA) is 20.2 Å². The molecule has 0 heterocycles. The summed E-state index contributed by atoms with van der Waals surface area (Å²) in [7, 11) is 0. The molecule has 1 aromatic rings. The van der Waals surface area contributed by atoms with Crippen molar-refractivity contribution in [3.05, 3.63) is 42.5 Å². The normalized spacial score (nSPS) is 7.67. The standard InChI is InChI=1S/C9H10O.2Na.2H/c1-2-3-8-4-6-9(10)7-5-8;;;;/h2,4-7,10H,1,3H2;;;;. The summed E-state index contributed by atoms with van der Waals surface area (Å²) in [6.45, 7) is 3.62. The second-order valence-electron chi connectivity index (χ2n) is 2.16. The minimum atomic E-state index is 0. The van der Waals surface area contributed by atoms with E-state index >= 15 is 0 Å². The Morgan fingerprint density at radius 3 is 2.08 bits per heavy atom. The Morgan fingerprint density at radius 1 is 1.17 bits per heavy atom. The van der Waals surface area contributed by atoms with Crippen LogP contribution < -0.4 is 0 Å². The van der Waals surface area contributed by atoms with Crippen molar-refractivity contribution in [1.29, 1.82) is 0 Å². The van der Waals surface area contributed by atoms with Gasteiger partial charge in [0, 0.05) is 0 Å². The van der Waals surface area contributed by atoms with E-state index in [0.717, 1.165) is 6.42 Å². The number of allylic oxidation sites excluding steroid dienone is 1. The van der Waals surface area contributed by atoms with Crippen molar-refractivity contribution >= 4 is 59.1 Å². The quantitative estimate of drug-likeness (QED) is 0.530. The van der Waals surface area contributed by atoms with Crippen LogP contribution in [0.3, 0.4) is 0 Å². The molecule has 1 rings (SSSR count). The molecular weight excluding hydrogens is 170 g/mol. The van der Waals surface area contributed by atoms with Crippen LogP contribution in [0.25, 0.3) is 0 Å². The van der Waals surface area contributed by atoms with Crippen molar-refractivity contribution in [2.45, 2.75) is 6.42 Å². The molecule has 0 saturated heterocycles. The molecule has 1 nitrogen and oxygen atoms in total. The Bertz CT molecular complexity index is 218. The summed E-state index contributed by atoms with van der Waals surface area (Å²) in [6, 6.07) is 7.13. The molecule has 0 saturated carbocycles. The molecule has 12 heavy (non-hydrogen) atoms. The molecule has 3 heteroatoms. The number of phenolic OH excluding ortho intramolecular Hbond substituents is 1. The van der Waals surface area contributed by atoms with Gasteiger partial charge in [-0.05, 0) is 24.1 Å². The molecule has 0 atom stereocenters. The van der Waals surface area contributed by atoms with Gasteiger partial charge in [-0.3, -0.25) is 0 Å². The number of phenols is 1. The molecule has 0 fully saturated rings. The monoisotopic (exact) mass is 182 g/mol. The van der Waals surface area contributed by atoms with Crippen LogP contribution in [0.4, 0.5) is 0 Å². The van der Waals surface area contributed by atoms with Crippen LogP contribution in [-0.4, -0.2) is 64.2 Å².